The van der Waals surface area contributed by atoms with Crippen LogP contribution in [-0.2, 0) is 14.6 Å². The first-order valence-electron chi connectivity index (χ1n) is 7.56. The summed E-state index contributed by atoms with van der Waals surface area (Å²) in [5, 5.41) is 2.65. The van der Waals surface area contributed by atoms with Gasteiger partial charge in [0.2, 0.25) is 0 Å². The number of ether oxygens (including phenoxy) is 1. The number of carbonyl (C=O) groups excluding carboxylic acids is 1. The summed E-state index contributed by atoms with van der Waals surface area (Å²) in [6, 6.07) is 6.07. The second kappa shape index (κ2) is 7.06. The van der Waals surface area contributed by atoms with Gasteiger partial charge in [-0.25, -0.2) is 13.4 Å². The molecule has 0 bridgehead atoms. The van der Waals surface area contributed by atoms with E-state index in [1.54, 1.807) is 12.1 Å². The zero-order valence-corrected chi connectivity index (χ0v) is 13.7. The van der Waals surface area contributed by atoms with E-state index >= 15 is 0 Å². The number of anilines is 1. The van der Waals surface area contributed by atoms with Crippen molar-refractivity contribution in [2.45, 2.75) is 23.8 Å². The van der Waals surface area contributed by atoms with Crippen LogP contribution in [0, 0.1) is 0 Å². The summed E-state index contributed by atoms with van der Waals surface area (Å²) in [6.45, 7) is 0.619. The Morgan fingerprint density at radius 2 is 2.04 bits per heavy atom. The third-order valence-electron chi connectivity index (χ3n) is 3.70. The number of aromatic nitrogens is 2. The van der Waals surface area contributed by atoms with Crippen LogP contribution in [0.1, 0.15) is 23.3 Å². The van der Waals surface area contributed by atoms with Crippen LogP contribution < -0.4 is 5.32 Å². The maximum absolute atomic E-state index is 12.4. The third-order valence-corrected chi connectivity index (χ3v) is 5.50. The quantitative estimate of drug-likeness (QED) is 0.884. The molecule has 2 aromatic rings. The molecule has 1 fully saturated rings. The van der Waals surface area contributed by atoms with Gasteiger partial charge in [0.25, 0.3) is 5.91 Å². The van der Waals surface area contributed by atoms with E-state index in [0.29, 0.717) is 12.3 Å². The smallest absolute Gasteiger partial charge is 0.275 e. The molecule has 8 heteroatoms. The number of nitrogens with one attached hydrogen (secondary N) is 1. The van der Waals surface area contributed by atoms with E-state index in [-0.39, 0.29) is 22.4 Å². The van der Waals surface area contributed by atoms with Gasteiger partial charge in [-0.1, -0.05) is 0 Å². The Balaban J connectivity index is 1.67. The van der Waals surface area contributed by atoms with Crippen molar-refractivity contribution < 1.29 is 17.9 Å². The zero-order valence-electron chi connectivity index (χ0n) is 12.9. The fourth-order valence-corrected chi connectivity index (χ4v) is 3.97. The van der Waals surface area contributed by atoms with Gasteiger partial charge in [0, 0.05) is 24.7 Å². The van der Waals surface area contributed by atoms with Gasteiger partial charge in [0.1, 0.15) is 5.69 Å². The van der Waals surface area contributed by atoms with Gasteiger partial charge in [0.15, 0.2) is 9.84 Å². The molecule has 0 spiro atoms. The highest BCUT2D eigenvalue weighted by molar-refractivity contribution is 7.91. The predicted octanol–water partition coefficient (Wildman–Crippen LogP) is 1.68. The Morgan fingerprint density at radius 3 is 2.67 bits per heavy atom. The fourth-order valence-electron chi connectivity index (χ4n) is 2.47. The summed E-state index contributed by atoms with van der Waals surface area (Å²) in [5.41, 5.74) is 0.675. The maximum Gasteiger partial charge on any atom is 0.275 e. The lowest BCUT2D eigenvalue weighted by molar-refractivity contribution is 0.102. The minimum absolute atomic E-state index is 0.0156. The zero-order chi connectivity index (χ0) is 17.0. The fraction of sp³-hybridized carbons (Fsp3) is 0.312. The molecular weight excluding hydrogens is 330 g/mol. The molecule has 0 aliphatic carbocycles. The molecule has 3 rings (SSSR count). The average molecular weight is 347 g/mol. The number of hydrogen-bond acceptors (Lipinski definition) is 6. The molecule has 1 aromatic heterocycles. The number of nitrogens with zero attached hydrogens (tertiary/aromatic N) is 2. The van der Waals surface area contributed by atoms with Gasteiger partial charge in [-0.15, -0.1) is 0 Å². The summed E-state index contributed by atoms with van der Waals surface area (Å²) in [4.78, 5) is 19.9. The molecule has 1 atom stereocenters. The van der Waals surface area contributed by atoms with Gasteiger partial charge < -0.3 is 10.1 Å². The van der Waals surface area contributed by atoms with Crippen molar-refractivity contribution in [3.8, 4) is 0 Å². The lowest BCUT2D eigenvalue weighted by atomic mass is 10.3. The van der Waals surface area contributed by atoms with Crippen molar-refractivity contribution >= 4 is 21.4 Å². The van der Waals surface area contributed by atoms with Crippen molar-refractivity contribution in [3.63, 3.8) is 0 Å². The summed E-state index contributed by atoms with van der Waals surface area (Å²) >= 11 is 0. The van der Waals surface area contributed by atoms with Crippen LogP contribution in [0.2, 0.25) is 0 Å². The van der Waals surface area contributed by atoms with Gasteiger partial charge in [0.05, 0.1) is 22.9 Å². The standard InChI is InChI=1S/C16H17N3O4S/c20-16(15-10-17-7-8-18-15)19-12-3-5-14(6-4-12)24(21,22)11-13-2-1-9-23-13/h3-8,10,13H,1-2,9,11H2,(H,19,20)/t13-/m0/s1. The van der Waals surface area contributed by atoms with Crippen LogP contribution in [0.5, 0.6) is 0 Å². The number of rotatable bonds is 5. The molecule has 24 heavy (non-hydrogen) atoms. The lowest BCUT2D eigenvalue weighted by Gasteiger charge is -2.11. The van der Waals surface area contributed by atoms with Crippen LogP contribution >= 0.6 is 0 Å². The Hall–Kier alpha value is -2.32. The number of benzene rings is 1. The Kier molecular flexibility index (Phi) is 4.86. The molecular formula is C16H17N3O4S. The molecule has 1 aliphatic rings. The van der Waals surface area contributed by atoms with Crippen LogP contribution in [0.25, 0.3) is 0 Å². The molecule has 1 amide bonds. The second-order valence-corrected chi connectivity index (χ2v) is 7.52. The number of amides is 1. The number of hydrogen-bond donors (Lipinski definition) is 1. The summed E-state index contributed by atoms with van der Waals surface area (Å²) in [6.07, 6.45) is 5.70. The predicted molar refractivity (Wildman–Crippen MR) is 87.5 cm³/mol. The average Bonchev–Trinajstić information content (AvgIpc) is 3.08. The van der Waals surface area contributed by atoms with E-state index in [1.165, 1.54) is 30.7 Å². The van der Waals surface area contributed by atoms with E-state index < -0.39 is 15.7 Å². The van der Waals surface area contributed by atoms with E-state index in [0.717, 1.165) is 12.8 Å². The minimum atomic E-state index is -3.40. The monoisotopic (exact) mass is 347 g/mol. The van der Waals surface area contributed by atoms with Crippen molar-refractivity contribution in [2.75, 3.05) is 17.7 Å². The van der Waals surface area contributed by atoms with Crippen LogP contribution in [0.15, 0.2) is 47.8 Å². The lowest BCUT2D eigenvalue weighted by Crippen LogP contribution is -2.20. The molecule has 7 nitrogen and oxygen atoms in total. The largest absolute Gasteiger partial charge is 0.377 e. The molecule has 1 saturated heterocycles. The summed E-state index contributed by atoms with van der Waals surface area (Å²) in [5.74, 6) is -0.420. The normalized spacial score (nSPS) is 17.6. The SMILES string of the molecule is O=C(Nc1ccc(S(=O)(=O)C[C@@H]2CCCO2)cc1)c1cnccn1. The van der Waals surface area contributed by atoms with Gasteiger partial charge in [-0.2, -0.15) is 0 Å². The van der Waals surface area contributed by atoms with Crippen molar-refractivity contribution in [1.82, 2.24) is 9.97 Å². The van der Waals surface area contributed by atoms with Crippen LogP contribution in [0.3, 0.4) is 0 Å². The van der Waals surface area contributed by atoms with E-state index in [2.05, 4.69) is 15.3 Å². The summed E-state index contributed by atoms with van der Waals surface area (Å²) < 4.78 is 30.1. The third kappa shape index (κ3) is 3.95. The molecule has 2 heterocycles. The van der Waals surface area contributed by atoms with Crippen molar-refractivity contribution in [3.05, 3.63) is 48.5 Å². The molecule has 0 unspecified atom stereocenters. The molecule has 1 aromatic carbocycles. The Labute approximate surface area is 140 Å². The first-order chi connectivity index (χ1) is 11.5. The Bertz CT molecular complexity index is 801. The Morgan fingerprint density at radius 1 is 1.25 bits per heavy atom. The maximum atomic E-state index is 12.4. The molecule has 1 aliphatic heterocycles. The molecule has 0 radical (unpaired) electrons. The van der Waals surface area contributed by atoms with E-state index in [9.17, 15) is 13.2 Å². The van der Waals surface area contributed by atoms with Crippen molar-refractivity contribution in [2.24, 2.45) is 0 Å². The first-order valence-corrected chi connectivity index (χ1v) is 9.21. The highest BCUT2D eigenvalue weighted by atomic mass is 32.2. The van der Waals surface area contributed by atoms with E-state index in [1.807, 2.05) is 0 Å². The topological polar surface area (TPSA) is 98.2 Å². The van der Waals surface area contributed by atoms with Gasteiger partial charge in [-0.3, -0.25) is 9.78 Å². The summed E-state index contributed by atoms with van der Waals surface area (Å²) in [7, 11) is -3.40. The highest BCUT2D eigenvalue weighted by Crippen LogP contribution is 2.20. The molecule has 0 saturated carbocycles. The highest BCUT2D eigenvalue weighted by Gasteiger charge is 2.24. The van der Waals surface area contributed by atoms with Crippen molar-refractivity contribution in [1.29, 1.82) is 0 Å². The number of sulfone groups is 1. The second-order valence-electron chi connectivity index (χ2n) is 5.49. The van der Waals surface area contributed by atoms with Gasteiger partial charge in [-0.05, 0) is 37.1 Å². The minimum Gasteiger partial charge on any atom is -0.377 e. The van der Waals surface area contributed by atoms with Crippen LogP contribution in [-0.4, -0.2) is 42.8 Å². The van der Waals surface area contributed by atoms with Gasteiger partial charge >= 0.3 is 0 Å². The first kappa shape index (κ1) is 16.5. The van der Waals surface area contributed by atoms with Crippen LogP contribution in [0.4, 0.5) is 5.69 Å². The molecule has 126 valence electrons. The van der Waals surface area contributed by atoms with E-state index in [4.69, 9.17) is 4.74 Å². The molecule has 1 N–H and O–H groups in total. The number of carbonyl (C=O) groups is 1.